The lowest BCUT2D eigenvalue weighted by Gasteiger charge is -2.29. The number of hydrogen-bond donors (Lipinski definition) is 2. The lowest BCUT2D eigenvalue weighted by molar-refractivity contribution is 0.345. The summed E-state index contributed by atoms with van der Waals surface area (Å²) in [5, 5.41) is 3.51. The van der Waals surface area contributed by atoms with Crippen LogP contribution in [0.4, 0.5) is 0 Å². The van der Waals surface area contributed by atoms with E-state index in [9.17, 15) is 8.42 Å². The zero-order valence-electron chi connectivity index (χ0n) is 10.6. The van der Waals surface area contributed by atoms with Gasteiger partial charge in [-0.05, 0) is 44.2 Å². The molecule has 106 valence electrons. The molecule has 3 heterocycles. The maximum atomic E-state index is 12.3. The number of piperidine rings is 1. The van der Waals surface area contributed by atoms with Gasteiger partial charge in [-0.2, -0.15) is 0 Å². The van der Waals surface area contributed by atoms with E-state index in [1.807, 2.05) is 6.92 Å². The van der Waals surface area contributed by atoms with Crippen LogP contribution in [0.25, 0.3) is 0 Å². The van der Waals surface area contributed by atoms with E-state index < -0.39 is 10.0 Å². The second-order valence-electron chi connectivity index (χ2n) is 5.45. The van der Waals surface area contributed by atoms with Gasteiger partial charge in [0.25, 0.3) is 0 Å². The number of thiophene rings is 1. The molecule has 0 aliphatic carbocycles. The van der Waals surface area contributed by atoms with Gasteiger partial charge in [0.2, 0.25) is 10.0 Å². The molecule has 4 nitrogen and oxygen atoms in total. The third kappa shape index (κ3) is 2.83. The Morgan fingerprint density at radius 2 is 2.00 bits per heavy atom. The molecule has 0 spiro atoms. The highest BCUT2D eigenvalue weighted by Crippen LogP contribution is 2.32. The van der Waals surface area contributed by atoms with Gasteiger partial charge in [0, 0.05) is 18.1 Å². The Morgan fingerprint density at radius 1 is 1.37 bits per heavy atom. The van der Waals surface area contributed by atoms with Crippen molar-refractivity contribution in [3.05, 3.63) is 16.0 Å². The van der Waals surface area contributed by atoms with Crippen molar-refractivity contribution in [2.24, 2.45) is 0 Å². The van der Waals surface area contributed by atoms with Crippen molar-refractivity contribution in [2.75, 3.05) is 0 Å². The number of halogens is 1. The highest BCUT2D eigenvalue weighted by atomic mass is 35.5. The van der Waals surface area contributed by atoms with Gasteiger partial charge < -0.3 is 5.32 Å². The predicted octanol–water partition coefficient (Wildman–Crippen LogP) is 2.27. The van der Waals surface area contributed by atoms with Gasteiger partial charge in [-0.25, -0.2) is 13.1 Å². The SMILES string of the molecule is Cc1cc(S(=O)(=O)NC2CC3CCC(C2)N3)sc1Cl. The molecule has 2 aliphatic rings. The summed E-state index contributed by atoms with van der Waals surface area (Å²) in [7, 11) is -3.42. The first kappa shape index (κ1) is 13.8. The topological polar surface area (TPSA) is 58.2 Å². The summed E-state index contributed by atoms with van der Waals surface area (Å²) in [5.41, 5.74) is 0.817. The van der Waals surface area contributed by atoms with Crippen LogP contribution >= 0.6 is 22.9 Å². The Labute approximate surface area is 122 Å². The zero-order chi connectivity index (χ0) is 13.6. The van der Waals surface area contributed by atoms with Gasteiger partial charge in [0.05, 0.1) is 4.34 Å². The molecule has 2 N–H and O–H groups in total. The van der Waals surface area contributed by atoms with E-state index in [0.29, 0.717) is 20.6 Å². The molecule has 7 heteroatoms. The van der Waals surface area contributed by atoms with Crippen LogP contribution in [0.2, 0.25) is 4.34 Å². The fourth-order valence-corrected chi connectivity index (χ4v) is 5.98. The third-order valence-electron chi connectivity index (χ3n) is 3.89. The maximum absolute atomic E-state index is 12.3. The van der Waals surface area contributed by atoms with Crippen molar-refractivity contribution < 1.29 is 8.42 Å². The molecule has 0 aromatic carbocycles. The predicted molar refractivity (Wildman–Crippen MR) is 77.4 cm³/mol. The van der Waals surface area contributed by atoms with Crippen LogP contribution in [-0.4, -0.2) is 26.5 Å². The van der Waals surface area contributed by atoms with Gasteiger partial charge in [-0.15, -0.1) is 11.3 Å². The second kappa shape index (κ2) is 5.00. The van der Waals surface area contributed by atoms with Crippen LogP contribution in [-0.2, 0) is 10.0 Å². The summed E-state index contributed by atoms with van der Waals surface area (Å²) in [4.78, 5) is 0. The lowest BCUT2D eigenvalue weighted by Crippen LogP contribution is -2.47. The Bertz CT molecular complexity index is 553. The number of sulfonamides is 1. The average Bonchev–Trinajstić information content (AvgIpc) is 2.83. The number of fused-ring (bicyclic) bond motifs is 2. The van der Waals surface area contributed by atoms with Crippen LogP contribution < -0.4 is 10.0 Å². The molecule has 0 saturated carbocycles. The Kier molecular flexibility index (Phi) is 3.64. The summed E-state index contributed by atoms with van der Waals surface area (Å²) in [6.45, 7) is 1.82. The molecule has 2 aliphatic heterocycles. The number of nitrogens with one attached hydrogen (secondary N) is 2. The van der Waals surface area contributed by atoms with E-state index in [4.69, 9.17) is 11.6 Å². The van der Waals surface area contributed by atoms with Crippen LogP contribution in [0.5, 0.6) is 0 Å². The maximum Gasteiger partial charge on any atom is 0.250 e. The largest absolute Gasteiger partial charge is 0.311 e. The van der Waals surface area contributed by atoms with Crippen LogP contribution in [0.1, 0.15) is 31.2 Å². The van der Waals surface area contributed by atoms with Crippen LogP contribution in [0.3, 0.4) is 0 Å². The molecule has 1 aromatic rings. The first-order valence-corrected chi connectivity index (χ1v) is 9.16. The molecular formula is C12H17ClN2O2S2. The molecule has 0 amide bonds. The molecular weight excluding hydrogens is 304 g/mol. The van der Waals surface area contributed by atoms with Gasteiger partial charge in [0.15, 0.2) is 0 Å². The standard InChI is InChI=1S/C12H17ClN2O2S2/c1-7-4-11(18-12(7)13)19(16,17)15-10-5-8-2-3-9(6-10)14-8/h4,8-10,14-15H,2-3,5-6H2,1H3. The lowest BCUT2D eigenvalue weighted by atomic mass is 10.0. The molecule has 3 rings (SSSR count). The summed E-state index contributed by atoms with van der Waals surface area (Å²) in [6, 6.07) is 2.63. The minimum absolute atomic E-state index is 0.0462. The average molecular weight is 321 g/mol. The van der Waals surface area contributed by atoms with Gasteiger partial charge >= 0.3 is 0 Å². The molecule has 2 fully saturated rings. The van der Waals surface area contributed by atoms with Crippen molar-refractivity contribution in [2.45, 2.75) is 54.9 Å². The van der Waals surface area contributed by atoms with E-state index in [1.165, 1.54) is 0 Å². The highest BCUT2D eigenvalue weighted by molar-refractivity contribution is 7.91. The van der Waals surface area contributed by atoms with E-state index in [2.05, 4.69) is 10.0 Å². The summed E-state index contributed by atoms with van der Waals surface area (Å²) < 4.78 is 28.3. The first-order valence-electron chi connectivity index (χ1n) is 6.48. The third-order valence-corrected chi connectivity index (χ3v) is 7.44. The van der Waals surface area contributed by atoms with Crippen molar-refractivity contribution in [3.8, 4) is 0 Å². The van der Waals surface area contributed by atoms with Gasteiger partial charge in [-0.1, -0.05) is 11.6 Å². The fourth-order valence-electron chi connectivity index (χ4n) is 3.00. The molecule has 1 aromatic heterocycles. The number of rotatable bonds is 3. The minimum atomic E-state index is -3.42. The van der Waals surface area contributed by atoms with Crippen molar-refractivity contribution in [1.82, 2.24) is 10.0 Å². The van der Waals surface area contributed by atoms with E-state index in [1.54, 1.807) is 6.07 Å². The van der Waals surface area contributed by atoms with Gasteiger partial charge in [0.1, 0.15) is 4.21 Å². The Morgan fingerprint density at radius 3 is 2.53 bits per heavy atom. The normalized spacial score (nSPS) is 30.7. The van der Waals surface area contributed by atoms with E-state index in [0.717, 1.165) is 42.6 Å². The van der Waals surface area contributed by atoms with Crippen LogP contribution in [0.15, 0.2) is 10.3 Å². The first-order chi connectivity index (χ1) is 8.94. The van der Waals surface area contributed by atoms with E-state index >= 15 is 0 Å². The molecule has 19 heavy (non-hydrogen) atoms. The van der Waals surface area contributed by atoms with Crippen LogP contribution in [0, 0.1) is 6.92 Å². The van der Waals surface area contributed by atoms with Gasteiger partial charge in [-0.3, -0.25) is 0 Å². The summed E-state index contributed by atoms with van der Waals surface area (Å²) in [6.07, 6.45) is 4.08. The summed E-state index contributed by atoms with van der Waals surface area (Å²) in [5.74, 6) is 0. The highest BCUT2D eigenvalue weighted by Gasteiger charge is 2.35. The Balaban J connectivity index is 1.75. The minimum Gasteiger partial charge on any atom is -0.311 e. The van der Waals surface area contributed by atoms with Crippen molar-refractivity contribution in [3.63, 3.8) is 0 Å². The fraction of sp³-hybridized carbons (Fsp3) is 0.667. The molecule has 2 atom stereocenters. The Hall–Kier alpha value is -0.140. The van der Waals surface area contributed by atoms with Crippen molar-refractivity contribution in [1.29, 1.82) is 0 Å². The second-order valence-corrected chi connectivity index (χ2v) is 9.04. The molecule has 2 unspecified atom stereocenters. The smallest absolute Gasteiger partial charge is 0.250 e. The number of aryl methyl sites for hydroxylation is 1. The quantitative estimate of drug-likeness (QED) is 0.898. The monoisotopic (exact) mass is 320 g/mol. The number of hydrogen-bond acceptors (Lipinski definition) is 4. The van der Waals surface area contributed by atoms with E-state index in [-0.39, 0.29) is 6.04 Å². The van der Waals surface area contributed by atoms with Crippen molar-refractivity contribution >= 4 is 33.0 Å². The zero-order valence-corrected chi connectivity index (χ0v) is 13.0. The molecule has 2 bridgehead atoms. The summed E-state index contributed by atoms with van der Waals surface area (Å²) >= 11 is 7.08. The molecule has 0 radical (unpaired) electrons. The molecule has 2 saturated heterocycles.